The molecule has 1 heterocycles. The maximum atomic E-state index is 13.3. The van der Waals surface area contributed by atoms with E-state index in [2.05, 4.69) is 5.32 Å². The smallest absolute Gasteiger partial charge is 0.286 e. The standard InChI is InChI=1S/C19H21FN2O3/c20-15-5-1-4-14(12-15)13-22(16-8-9-16)18(23)7-2-10-21-19(24)17-6-3-11-25-17/h1,3-6,11-12,16H,2,7-10,13H2,(H,21,24). The monoisotopic (exact) mass is 344 g/mol. The van der Waals surface area contributed by atoms with Crippen molar-refractivity contribution in [1.29, 1.82) is 0 Å². The van der Waals surface area contributed by atoms with E-state index in [1.807, 2.05) is 11.0 Å². The number of rotatable bonds is 8. The Bertz CT molecular complexity index is 726. The zero-order chi connectivity index (χ0) is 17.6. The second kappa shape index (κ2) is 7.96. The summed E-state index contributed by atoms with van der Waals surface area (Å²) in [6.45, 7) is 0.837. The van der Waals surface area contributed by atoms with Crippen LogP contribution in [0, 0.1) is 5.82 Å². The van der Waals surface area contributed by atoms with Crippen LogP contribution in [0.1, 0.15) is 41.8 Å². The molecule has 1 fully saturated rings. The molecule has 1 aliphatic carbocycles. The molecule has 25 heavy (non-hydrogen) atoms. The highest BCUT2D eigenvalue weighted by Crippen LogP contribution is 2.29. The number of carbonyl (C=O) groups excluding carboxylic acids is 2. The number of amides is 2. The lowest BCUT2D eigenvalue weighted by molar-refractivity contribution is -0.132. The lowest BCUT2D eigenvalue weighted by Gasteiger charge is -2.22. The minimum Gasteiger partial charge on any atom is -0.459 e. The summed E-state index contributed by atoms with van der Waals surface area (Å²) in [5, 5.41) is 2.73. The maximum Gasteiger partial charge on any atom is 0.286 e. The van der Waals surface area contributed by atoms with Crippen LogP contribution in [0.25, 0.3) is 0 Å². The van der Waals surface area contributed by atoms with Crippen LogP contribution in [0.5, 0.6) is 0 Å². The third-order valence-corrected chi connectivity index (χ3v) is 4.15. The summed E-state index contributed by atoms with van der Waals surface area (Å²) in [6.07, 6.45) is 4.34. The molecule has 0 radical (unpaired) electrons. The number of carbonyl (C=O) groups is 2. The van der Waals surface area contributed by atoms with Gasteiger partial charge in [-0.1, -0.05) is 12.1 Å². The van der Waals surface area contributed by atoms with Gasteiger partial charge in [0.1, 0.15) is 5.82 Å². The lowest BCUT2D eigenvalue weighted by atomic mass is 10.2. The Morgan fingerprint density at radius 2 is 2.08 bits per heavy atom. The molecule has 132 valence electrons. The van der Waals surface area contributed by atoms with E-state index in [0.29, 0.717) is 25.9 Å². The minimum absolute atomic E-state index is 0.0407. The Morgan fingerprint density at radius 1 is 1.24 bits per heavy atom. The highest BCUT2D eigenvalue weighted by atomic mass is 19.1. The van der Waals surface area contributed by atoms with Crippen molar-refractivity contribution >= 4 is 11.8 Å². The van der Waals surface area contributed by atoms with Gasteiger partial charge >= 0.3 is 0 Å². The van der Waals surface area contributed by atoms with Gasteiger partial charge in [0, 0.05) is 25.6 Å². The average Bonchev–Trinajstić information content (AvgIpc) is 3.29. The van der Waals surface area contributed by atoms with Gasteiger partial charge in [-0.05, 0) is 49.1 Å². The minimum atomic E-state index is -0.290. The van der Waals surface area contributed by atoms with E-state index in [-0.39, 0.29) is 29.4 Å². The third-order valence-electron chi connectivity index (χ3n) is 4.15. The molecule has 1 aromatic carbocycles. The summed E-state index contributed by atoms with van der Waals surface area (Å²) >= 11 is 0. The summed E-state index contributed by atoms with van der Waals surface area (Å²) < 4.78 is 18.3. The van der Waals surface area contributed by atoms with Gasteiger partial charge in [-0.3, -0.25) is 9.59 Å². The predicted molar refractivity (Wildman–Crippen MR) is 90.2 cm³/mol. The van der Waals surface area contributed by atoms with E-state index < -0.39 is 0 Å². The van der Waals surface area contributed by atoms with Gasteiger partial charge in [0.2, 0.25) is 5.91 Å². The van der Waals surface area contributed by atoms with Crippen LogP contribution < -0.4 is 5.32 Å². The van der Waals surface area contributed by atoms with E-state index >= 15 is 0 Å². The number of halogens is 1. The second-order valence-corrected chi connectivity index (χ2v) is 6.22. The number of nitrogens with one attached hydrogen (secondary N) is 1. The van der Waals surface area contributed by atoms with Crippen LogP contribution in [-0.4, -0.2) is 29.3 Å². The third kappa shape index (κ3) is 4.92. The van der Waals surface area contributed by atoms with Gasteiger partial charge in [-0.15, -0.1) is 0 Å². The number of benzene rings is 1. The summed E-state index contributed by atoms with van der Waals surface area (Å²) in [5.41, 5.74) is 0.798. The first-order valence-corrected chi connectivity index (χ1v) is 8.49. The van der Waals surface area contributed by atoms with Crippen molar-refractivity contribution in [3.8, 4) is 0 Å². The molecule has 0 saturated heterocycles. The Hall–Kier alpha value is -2.63. The van der Waals surface area contributed by atoms with Crippen LogP contribution in [-0.2, 0) is 11.3 Å². The van der Waals surface area contributed by atoms with Crippen LogP contribution >= 0.6 is 0 Å². The van der Waals surface area contributed by atoms with Crippen molar-refractivity contribution < 1.29 is 18.4 Å². The normalized spacial score (nSPS) is 13.5. The highest BCUT2D eigenvalue weighted by molar-refractivity contribution is 5.91. The first-order valence-electron chi connectivity index (χ1n) is 8.49. The summed E-state index contributed by atoms with van der Waals surface area (Å²) in [5.74, 6) is -0.270. The molecule has 3 rings (SSSR count). The fourth-order valence-corrected chi connectivity index (χ4v) is 2.72. The van der Waals surface area contributed by atoms with Gasteiger partial charge in [-0.25, -0.2) is 4.39 Å². The van der Waals surface area contributed by atoms with Gasteiger partial charge < -0.3 is 14.6 Å². The molecule has 0 aliphatic heterocycles. The first kappa shape index (κ1) is 17.2. The van der Waals surface area contributed by atoms with E-state index in [4.69, 9.17) is 4.42 Å². The molecule has 0 bridgehead atoms. The number of hydrogen-bond donors (Lipinski definition) is 1. The van der Waals surface area contributed by atoms with E-state index in [1.165, 1.54) is 18.4 Å². The van der Waals surface area contributed by atoms with Crippen LogP contribution in [0.2, 0.25) is 0 Å². The largest absolute Gasteiger partial charge is 0.459 e. The molecule has 1 aromatic heterocycles. The number of furan rings is 1. The van der Waals surface area contributed by atoms with Crippen molar-refractivity contribution in [3.05, 3.63) is 59.8 Å². The van der Waals surface area contributed by atoms with E-state index in [9.17, 15) is 14.0 Å². The van der Waals surface area contributed by atoms with E-state index in [1.54, 1.807) is 18.2 Å². The second-order valence-electron chi connectivity index (χ2n) is 6.22. The van der Waals surface area contributed by atoms with Gasteiger partial charge in [0.25, 0.3) is 5.91 Å². The van der Waals surface area contributed by atoms with Gasteiger partial charge in [0.05, 0.1) is 6.26 Å². The van der Waals surface area contributed by atoms with Gasteiger partial charge in [0.15, 0.2) is 5.76 Å². The molecule has 2 amide bonds. The molecule has 5 nitrogen and oxygen atoms in total. The van der Waals surface area contributed by atoms with Crippen LogP contribution in [0.3, 0.4) is 0 Å². The first-order chi connectivity index (χ1) is 12.1. The molecule has 1 saturated carbocycles. The SMILES string of the molecule is O=C(NCCCC(=O)N(Cc1cccc(F)c1)C1CC1)c1ccco1. The summed E-state index contributed by atoms with van der Waals surface area (Å²) in [4.78, 5) is 26.1. The predicted octanol–water partition coefficient (Wildman–Crippen LogP) is 3.12. The van der Waals surface area contributed by atoms with Crippen molar-refractivity contribution in [1.82, 2.24) is 10.2 Å². The fraction of sp³-hybridized carbons (Fsp3) is 0.368. The zero-order valence-corrected chi connectivity index (χ0v) is 13.9. The van der Waals surface area contributed by atoms with Crippen molar-refractivity contribution in [2.45, 2.75) is 38.3 Å². The Balaban J connectivity index is 1.46. The van der Waals surface area contributed by atoms with Crippen molar-refractivity contribution in [2.75, 3.05) is 6.54 Å². The van der Waals surface area contributed by atoms with Crippen molar-refractivity contribution in [2.24, 2.45) is 0 Å². The molecule has 1 N–H and O–H groups in total. The molecule has 0 atom stereocenters. The summed E-state index contributed by atoms with van der Waals surface area (Å²) in [7, 11) is 0. The zero-order valence-electron chi connectivity index (χ0n) is 13.9. The van der Waals surface area contributed by atoms with E-state index in [0.717, 1.165) is 18.4 Å². The molecule has 2 aromatic rings. The highest BCUT2D eigenvalue weighted by Gasteiger charge is 2.32. The summed E-state index contributed by atoms with van der Waals surface area (Å²) in [6, 6.07) is 9.85. The quantitative estimate of drug-likeness (QED) is 0.749. The Kier molecular flexibility index (Phi) is 5.48. The molecular weight excluding hydrogens is 323 g/mol. The molecule has 0 spiro atoms. The lowest BCUT2D eigenvalue weighted by Crippen LogP contribution is -2.33. The molecule has 0 unspecified atom stereocenters. The number of hydrogen-bond acceptors (Lipinski definition) is 3. The fourth-order valence-electron chi connectivity index (χ4n) is 2.72. The number of nitrogens with zero attached hydrogens (tertiary/aromatic N) is 1. The molecule has 1 aliphatic rings. The maximum absolute atomic E-state index is 13.3. The van der Waals surface area contributed by atoms with Crippen LogP contribution in [0.15, 0.2) is 47.1 Å². The van der Waals surface area contributed by atoms with Gasteiger partial charge in [-0.2, -0.15) is 0 Å². The molecular formula is C19H21FN2O3. The Labute approximate surface area is 145 Å². The Morgan fingerprint density at radius 3 is 2.76 bits per heavy atom. The average molecular weight is 344 g/mol. The van der Waals surface area contributed by atoms with Crippen molar-refractivity contribution in [3.63, 3.8) is 0 Å². The molecule has 6 heteroatoms. The van der Waals surface area contributed by atoms with Crippen LogP contribution in [0.4, 0.5) is 4.39 Å². The topological polar surface area (TPSA) is 62.6 Å².